The van der Waals surface area contributed by atoms with Gasteiger partial charge in [-0.3, -0.25) is 9.80 Å². The second-order valence-corrected chi connectivity index (χ2v) is 7.97. The van der Waals surface area contributed by atoms with Crippen LogP contribution < -0.4 is 4.90 Å². The molecule has 2 heterocycles. The summed E-state index contributed by atoms with van der Waals surface area (Å²) in [5, 5.41) is 0. The Morgan fingerprint density at radius 1 is 0.679 bits per heavy atom. The van der Waals surface area contributed by atoms with Gasteiger partial charge >= 0.3 is 0 Å². The number of benzene rings is 2. The molecule has 4 rings (SSSR count). The third-order valence-electron chi connectivity index (χ3n) is 5.97. The van der Waals surface area contributed by atoms with Crippen LogP contribution in [-0.2, 0) is 17.7 Å². The smallest absolute Gasteiger partial charge is 0.0594 e. The fraction of sp³-hybridized carbons (Fsp3) is 0.500. The summed E-state index contributed by atoms with van der Waals surface area (Å²) in [6.07, 6.45) is 2.40. The predicted molar refractivity (Wildman–Crippen MR) is 116 cm³/mol. The molecule has 0 N–H and O–H groups in total. The number of rotatable bonds is 7. The molecular formula is C24H33N3O. The first kappa shape index (κ1) is 19.4. The van der Waals surface area contributed by atoms with Crippen molar-refractivity contribution in [1.29, 1.82) is 0 Å². The molecule has 0 amide bonds. The third-order valence-corrected chi connectivity index (χ3v) is 5.97. The highest BCUT2D eigenvalue weighted by Crippen LogP contribution is 2.19. The fourth-order valence-corrected chi connectivity index (χ4v) is 4.21. The molecule has 2 aliphatic rings. The molecule has 0 radical (unpaired) electrons. The Hall–Kier alpha value is -1.88. The van der Waals surface area contributed by atoms with Crippen molar-refractivity contribution in [2.45, 2.75) is 19.4 Å². The van der Waals surface area contributed by atoms with E-state index in [1.165, 1.54) is 36.2 Å². The van der Waals surface area contributed by atoms with E-state index in [2.05, 4.69) is 69.3 Å². The van der Waals surface area contributed by atoms with Crippen molar-refractivity contribution in [3.8, 4) is 0 Å². The fourth-order valence-electron chi connectivity index (χ4n) is 4.21. The second-order valence-electron chi connectivity index (χ2n) is 7.97. The lowest BCUT2D eigenvalue weighted by molar-refractivity contribution is 0.0375. The molecule has 4 nitrogen and oxygen atoms in total. The molecule has 2 saturated heterocycles. The Morgan fingerprint density at radius 2 is 1.39 bits per heavy atom. The Morgan fingerprint density at radius 3 is 2.11 bits per heavy atom. The number of nitrogens with zero attached hydrogens (tertiary/aromatic N) is 3. The van der Waals surface area contributed by atoms with Crippen molar-refractivity contribution in [3.05, 3.63) is 65.7 Å². The molecule has 2 fully saturated rings. The third kappa shape index (κ3) is 5.57. The summed E-state index contributed by atoms with van der Waals surface area (Å²) >= 11 is 0. The zero-order chi connectivity index (χ0) is 19.0. The summed E-state index contributed by atoms with van der Waals surface area (Å²) in [5.74, 6) is 0. The molecule has 4 heteroatoms. The van der Waals surface area contributed by atoms with E-state index in [1.807, 2.05) is 0 Å². The molecule has 150 valence electrons. The molecule has 0 aromatic heterocycles. The van der Waals surface area contributed by atoms with E-state index >= 15 is 0 Å². The van der Waals surface area contributed by atoms with Gasteiger partial charge in [0.2, 0.25) is 0 Å². The van der Waals surface area contributed by atoms with Gasteiger partial charge in [0.05, 0.1) is 13.2 Å². The van der Waals surface area contributed by atoms with Crippen LogP contribution in [0.5, 0.6) is 0 Å². The minimum absolute atomic E-state index is 0.896. The molecular weight excluding hydrogens is 346 g/mol. The molecule has 0 bridgehead atoms. The van der Waals surface area contributed by atoms with Gasteiger partial charge in [-0.05, 0) is 42.6 Å². The Bertz CT molecular complexity index is 690. The molecule has 2 aromatic rings. The summed E-state index contributed by atoms with van der Waals surface area (Å²) in [5.41, 5.74) is 4.24. The number of aryl methyl sites for hydroxylation is 1. The van der Waals surface area contributed by atoms with Gasteiger partial charge in [-0.25, -0.2) is 0 Å². The van der Waals surface area contributed by atoms with Gasteiger partial charge in [-0.2, -0.15) is 0 Å². The van der Waals surface area contributed by atoms with Crippen molar-refractivity contribution in [3.63, 3.8) is 0 Å². The van der Waals surface area contributed by atoms with Gasteiger partial charge in [0.25, 0.3) is 0 Å². The average Bonchev–Trinajstić information content (AvgIpc) is 2.76. The van der Waals surface area contributed by atoms with E-state index in [1.54, 1.807) is 0 Å². The Kier molecular flexibility index (Phi) is 6.98. The summed E-state index contributed by atoms with van der Waals surface area (Å²) in [6, 6.07) is 20.1. The van der Waals surface area contributed by atoms with E-state index in [9.17, 15) is 0 Å². The summed E-state index contributed by atoms with van der Waals surface area (Å²) < 4.78 is 5.42. The maximum Gasteiger partial charge on any atom is 0.0594 e. The molecule has 0 unspecified atom stereocenters. The molecule has 2 aliphatic heterocycles. The number of hydrogen-bond acceptors (Lipinski definition) is 4. The lowest BCUT2D eigenvalue weighted by atomic mass is 10.1. The molecule has 2 aromatic carbocycles. The monoisotopic (exact) mass is 379 g/mol. The standard InChI is InChI=1S/C24H33N3O/c1-2-5-23(6-3-1)21-26-13-15-27(16-14-26)24-10-8-22(9-11-24)7-4-12-25-17-19-28-20-18-25/h1-3,5-6,8-11H,4,7,12-21H2. The number of anilines is 1. The average molecular weight is 380 g/mol. The summed E-state index contributed by atoms with van der Waals surface area (Å²) in [6.45, 7) is 10.7. The van der Waals surface area contributed by atoms with Crippen LogP contribution in [0, 0.1) is 0 Å². The zero-order valence-electron chi connectivity index (χ0n) is 16.9. The van der Waals surface area contributed by atoms with E-state index in [0.717, 1.165) is 59.0 Å². The second kappa shape index (κ2) is 10.1. The van der Waals surface area contributed by atoms with Crippen LogP contribution in [0.1, 0.15) is 17.5 Å². The minimum Gasteiger partial charge on any atom is -0.379 e. The van der Waals surface area contributed by atoms with Gasteiger partial charge in [-0.1, -0.05) is 42.5 Å². The first-order chi connectivity index (χ1) is 13.9. The van der Waals surface area contributed by atoms with E-state index in [4.69, 9.17) is 4.74 Å². The first-order valence-corrected chi connectivity index (χ1v) is 10.8. The number of ether oxygens (including phenoxy) is 1. The SMILES string of the molecule is c1ccc(CN2CCN(c3ccc(CCCN4CCOCC4)cc3)CC2)cc1. The molecule has 0 atom stereocenters. The number of morpholine rings is 1. The Balaban J connectivity index is 1.20. The highest BCUT2D eigenvalue weighted by atomic mass is 16.5. The number of hydrogen-bond donors (Lipinski definition) is 0. The topological polar surface area (TPSA) is 19.0 Å². The highest BCUT2D eigenvalue weighted by Gasteiger charge is 2.17. The molecule has 0 spiro atoms. The van der Waals surface area contributed by atoms with Crippen molar-refractivity contribution < 1.29 is 4.74 Å². The summed E-state index contributed by atoms with van der Waals surface area (Å²) in [4.78, 5) is 7.61. The van der Waals surface area contributed by atoms with Gasteiger partial charge < -0.3 is 9.64 Å². The maximum absolute atomic E-state index is 5.42. The predicted octanol–water partition coefficient (Wildman–Crippen LogP) is 3.27. The maximum atomic E-state index is 5.42. The Labute approximate surface area is 169 Å². The van der Waals surface area contributed by atoms with Crippen LogP contribution >= 0.6 is 0 Å². The largest absolute Gasteiger partial charge is 0.379 e. The van der Waals surface area contributed by atoms with Crippen molar-refractivity contribution in [2.75, 3.05) is 63.9 Å². The van der Waals surface area contributed by atoms with Crippen LogP contribution in [0.3, 0.4) is 0 Å². The van der Waals surface area contributed by atoms with E-state index in [0.29, 0.717) is 0 Å². The van der Waals surface area contributed by atoms with Crippen LogP contribution in [0.2, 0.25) is 0 Å². The highest BCUT2D eigenvalue weighted by molar-refractivity contribution is 5.48. The van der Waals surface area contributed by atoms with Gasteiger partial charge in [0.15, 0.2) is 0 Å². The molecule has 0 saturated carbocycles. The van der Waals surface area contributed by atoms with E-state index < -0.39 is 0 Å². The quantitative estimate of drug-likeness (QED) is 0.735. The van der Waals surface area contributed by atoms with Crippen molar-refractivity contribution in [2.24, 2.45) is 0 Å². The van der Waals surface area contributed by atoms with Crippen molar-refractivity contribution in [1.82, 2.24) is 9.80 Å². The normalized spacial score (nSPS) is 19.1. The number of piperazine rings is 1. The van der Waals surface area contributed by atoms with Gasteiger partial charge in [0, 0.05) is 51.5 Å². The van der Waals surface area contributed by atoms with Crippen LogP contribution in [-0.4, -0.2) is 68.8 Å². The molecule has 0 aliphatic carbocycles. The zero-order valence-corrected chi connectivity index (χ0v) is 16.9. The summed E-state index contributed by atoms with van der Waals surface area (Å²) in [7, 11) is 0. The van der Waals surface area contributed by atoms with Crippen LogP contribution in [0.25, 0.3) is 0 Å². The van der Waals surface area contributed by atoms with Crippen LogP contribution in [0.4, 0.5) is 5.69 Å². The lowest BCUT2D eigenvalue weighted by Crippen LogP contribution is -2.45. The van der Waals surface area contributed by atoms with E-state index in [-0.39, 0.29) is 0 Å². The first-order valence-electron chi connectivity index (χ1n) is 10.8. The lowest BCUT2D eigenvalue weighted by Gasteiger charge is -2.36. The van der Waals surface area contributed by atoms with Gasteiger partial charge in [-0.15, -0.1) is 0 Å². The van der Waals surface area contributed by atoms with Crippen molar-refractivity contribution >= 4 is 5.69 Å². The van der Waals surface area contributed by atoms with Gasteiger partial charge in [0.1, 0.15) is 0 Å². The molecule has 28 heavy (non-hydrogen) atoms. The van der Waals surface area contributed by atoms with Crippen LogP contribution in [0.15, 0.2) is 54.6 Å². The minimum atomic E-state index is 0.896.